The molecule has 0 aromatic heterocycles. The standard InChI is InChI=1S/C8H9NO/c10-7-8(5-6-9-7)3-1-2-4-8/h1-2,6H,3-5H2. The lowest BCUT2D eigenvalue weighted by Crippen LogP contribution is -2.22. The fourth-order valence-corrected chi connectivity index (χ4v) is 1.57. The molecule has 1 amide bonds. The van der Waals surface area contributed by atoms with E-state index in [1.54, 1.807) is 6.21 Å². The van der Waals surface area contributed by atoms with Gasteiger partial charge in [-0.1, -0.05) is 12.2 Å². The van der Waals surface area contributed by atoms with Gasteiger partial charge in [-0.05, 0) is 19.3 Å². The van der Waals surface area contributed by atoms with Crippen molar-refractivity contribution in [2.75, 3.05) is 0 Å². The lowest BCUT2D eigenvalue weighted by molar-refractivity contribution is -0.125. The van der Waals surface area contributed by atoms with Gasteiger partial charge in [-0.3, -0.25) is 4.79 Å². The lowest BCUT2D eigenvalue weighted by Gasteiger charge is -2.17. The molecule has 2 rings (SSSR count). The Morgan fingerprint density at radius 3 is 2.50 bits per heavy atom. The van der Waals surface area contributed by atoms with Gasteiger partial charge >= 0.3 is 0 Å². The van der Waals surface area contributed by atoms with E-state index in [9.17, 15) is 4.79 Å². The summed E-state index contributed by atoms with van der Waals surface area (Å²) < 4.78 is 0. The summed E-state index contributed by atoms with van der Waals surface area (Å²) in [5, 5.41) is 0. The Labute approximate surface area is 59.6 Å². The quantitative estimate of drug-likeness (QED) is 0.461. The summed E-state index contributed by atoms with van der Waals surface area (Å²) in [4.78, 5) is 14.9. The van der Waals surface area contributed by atoms with Gasteiger partial charge < -0.3 is 0 Å². The van der Waals surface area contributed by atoms with Crippen LogP contribution in [0.5, 0.6) is 0 Å². The van der Waals surface area contributed by atoms with Gasteiger partial charge in [-0.25, -0.2) is 4.99 Å². The Bertz CT molecular complexity index is 214. The van der Waals surface area contributed by atoms with E-state index < -0.39 is 0 Å². The molecule has 0 bridgehead atoms. The van der Waals surface area contributed by atoms with Crippen molar-refractivity contribution < 1.29 is 4.79 Å². The first kappa shape index (κ1) is 5.83. The molecule has 0 unspecified atom stereocenters. The lowest BCUT2D eigenvalue weighted by atomic mass is 9.84. The fourth-order valence-electron chi connectivity index (χ4n) is 1.57. The average molecular weight is 135 g/mol. The predicted molar refractivity (Wildman–Crippen MR) is 38.9 cm³/mol. The number of nitrogens with zero attached hydrogens (tertiary/aromatic N) is 1. The van der Waals surface area contributed by atoms with E-state index in [4.69, 9.17) is 0 Å². The van der Waals surface area contributed by atoms with E-state index in [-0.39, 0.29) is 11.3 Å². The molecule has 52 valence electrons. The molecule has 0 aromatic carbocycles. The minimum Gasteiger partial charge on any atom is -0.272 e. The van der Waals surface area contributed by atoms with Crippen LogP contribution in [0.4, 0.5) is 0 Å². The van der Waals surface area contributed by atoms with E-state index in [0.717, 1.165) is 19.3 Å². The summed E-state index contributed by atoms with van der Waals surface area (Å²) >= 11 is 0. The number of rotatable bonds is 0. The molecule has 1 spiro atoms. The van der Waals surface area contributed by atoms with E-state index in [1.165, 1.54) is 0 Å². The highest BCUT2D eigenvalue weighted by atomic mass is 16.1. The van der Waals surface area contributed by atoms with Crippen molar-refractivity contribution in [2.24, 2.45) is 10.4 Å². The average Bonchev–Trinajstić information content (AvgIpc) is 2.48. The van der Waals surface area contributed by atoms with Gasteiger partial charge in [-0.15, -0.1) is 0 Å². The predicted octanol–water partition coefficient (Wildman–Crippen LogP) is 1.32. The third-order valence-corrected chi connectivity index (χ3v) is 2.33. The molecule has 0 saturated carbocycles. The molecule has 0 N–H and O–H groups in total. The van der Waals surface area contributed by atoms with Gasteiger partial charge in [0.1, 0.15) is 0 Å². The largest absolute Gasteiger partial charge is 0.272 e. The molecular weight excluding hydrogens is 126 g/mol. The smallest absolute Gasteiger partial charge is 0.252 e. The first-order valence-electron chi connectivity index (χ1n) is 3.55. The number of hydrogen-bond acceptors (Lipinski definition) is 1. The van der Waals surface area contributed by atoms with E-state index in [2.05, 4.69) is 17.1 Å². The van der Waals surface area contributed by atoms with E-state index >= 15 is 0 Å². The Kier molecular flexibility index (Phi) is 1.04. The van der Waals surface area contributed by atoms with Crippen LogP contribution in [0.25, 0.3) is 0 Å². The van der Waals surface area contributed by atoms with Crippen molar-refractivity contribution in [2.45, 2.75) is 19.3 Å². The Morgan fingerprint density at radius 2 is 2.00 bits per heavy atom. The van der Waals surface area contributed by atoms with E-state index in [1.807, 2.05) is 0 Å². The molecule has 0 fully saturated rings. The number of allylic oxidation sites excluding steroid dienone is 2. The number of carbonyl (C=O) groups is 1. The molecule has 2 heteroatoms. The summed E-state index contributed by atoms with van der Waals surface area (Å²) in [5.41, 5.74) is -0.125. The SMILES string of the molecule is O=C1N=CCC12CC=CC2. The maximum atomic E-state index is 11.2. The van der Waals surface area contributed by atoms with Crippen molar-refractivity contribution in [3.63, 3.8) is 0 Å². The maximum Gasteiger partial charge on any atom is 0.252 e. The van der Waals surface area contributed by atoms with Gasteiger partial charge in [0.2, 0.25) is 0 Å². The topological polar surface area (TPSA) is 29.4 Å². The molecule has 0 atom stereocenters. The Morgan fingerprint density at radius 1 is 1.30 bits per heavy atom. The van der Waals surface area contributed by atoms with Crippen LogP contribution in [0.2, 0.25) is 0 Å². The summed E-state index contributed by atoms with van der Waals surface area (Å²) in [6.45, 7) is 0. The summed E-state index contributed by atoms with van der Waals surface area (Å²) in [6, 6.07) is 0. The van der Waals surface area contributed by atoms with Gasteiger partial charge in [0.25, 0.3) is 5.91 Å². The molecule has 10 heavy (non-hydrogen) atoms. The molecular formula is C8H9NO. The third-order valence-electron chi connectivity index (χ3n) is 2.33. The molecule has 0 saturated heterocycles. The maximum absolute atomic E-state index is 11.2. The summed E-state index contributed by atoms with van der Waals surface area (Å²) in [5.74, 6) is 0.0810. The van der Waals surface area contributed by atoms with Crippen LogP contribution < -0.4 is 0 Å². The first-order valence-corrected chi connectivity index (χ1v) is 3.55. The Balaban J connectivity index is 2.26. The van der Waals surface area contributed by atoms with Crippen LogP contribution in [-0.4, -0.2) is 12.1 Å². The monoisotopic (exact) mass is 135 g/mol. The van der Waals surface area contributed by atoms with Crippen molar-refractivity contribution in [1.82, 2.24) is 0 Å². The first-order chi connectivity index (χ1) is 4.83. The summed E-state index contributed by atoms with van der Waals surface area (Å²) in [7, 11) is 0. The molecule has 2 nitrogen and oxygen atoms in total. The zero-order chi connectivity index (χ0) is 7.03. The van der Waals surface area contributed by atoms with Crippen molar-refractivity contribution in [1.29, 1.82) is 0 Å². The number of amides is 1. The van der Waals surface area contributed by atoms with E-state index in [0.29, 0.717) is 0 Å². The highest BCUT2D eigenvalue weighted by Crippen LogP contribution is 2.39. The third kappa shape index (κ3) is 0.589. The van der Waals surface area contributed by atoms with Gasteiger partial charge in [0, 0.05) is 6.21 Å². The van der Waals surface area contributed by atoms with Crippen molar-refractivity contribution in [3.8, 4) is 0 Å². The zero-order valence-corrected chi connectivity index (χ0v) is 5.71. The van der Waals surface area contributed by atoms with Crippen LogP contribution in [0, 0.1) is 5.41 Å². The highest BCUT2D eigenvalue weighted by molar-refractivity contribution is 5.97. The number of hydrogen-bond donors (Lipinski definition) is 0. The number of aliphatic imine (C=N–C) groups is 1. The number of carbonyl (C=O) groups excluding carboxylic acids is 1. The zero-order valence-electron chi connectivity index (χ0n) is 5.71. The second kappa shape index (κ2) is 1.78. The molecule has 1 aliphatic heterocycles. The molecule has 2 aliphatic rings. The van der Waals surface area contributed by atoms with Crippen LogP contribution in [0.3, 0.4) is 0 Å². The second-order valence-electron chi connectivity index (χ2n) is 2.98. The fraction of sp³-hybridized carbons (Fsp3) is 0.500. The second-order valence-corrected chi connectivity index (χ2v) is 2.98. The van der Waals surface area contributed by atoms with Crippen LogP contribution in [0.15, 0.2) is 17.1 Å². The minimum atomic E-state index is -0.125. The minimum absolute atomic E-state index is 0.0810. The highest BCUT2D eigenvalue weighted by Gasteiger charge is 2.40. The molecule has 1 heterocycles. The normalized spacial score (nSPS) is 27.0. The van der Waals surface area contributed by atoms with Crippen molar-refractivity contribution in [3.05, 3.63) is 12.2 Å². The molecule has 0 radical (unpaired) electrons. The van der Waals surface area contributed by atoms with Crippen LogP contribution in [0.1, 0.15) is 19.3 Å². The van der Waals surface area contributed by atoms with Crippen molar-refractivity contribution >= 4 is 12.1 Å². The summed E-state index contributed by atoms with van der Waals surface area (Å²) in [6.07, 6.45) is 8.53. The van der Waals surface area contributed by atoms with Gasteiger partial charge in [0.15, 0.2) is 0 Å². The Hall–Kier alpha value is -0.920. The van der Waals surface area contributed by atoms with Gasteiger partial charge in [-0.2, -0.15) is 0 Å². The molecule has 1 aliphatic carbocycles. The van der Waals surface area contributed by atoms with Crippen LogP contribution >= 0.6 is 0 Å². The van der Waals surface area contributed by atoms with Crippen LogP contribution in [-0.2, 0) is 4.79 Å². The molecule has 0 aromatic rings. The van der Waals surface area contributed by atoms with Gasteiger partial charge in [0.05, 0.1) is 5.41 Å².